The highest BCUT2D eigenvalue weighted by molar-refractivity contribution is 7.13. The molecule has 0 saturated heterocycles. The average molecular weight is 297 g/mol. The molecule has 6 heteroatoms. The van der Waals surface area contributed by atoms with Crippen LogP contribution in [0, 0.1) is 6.92 Å². The fourth-order valence-electron chi connectivity index (χ4n) is 1.87. The summed E-state index contributed by atoms with van der Waals surface area (Å²) in [7, 11) is 0. The summed E-state index contributed by atoms with van der Waals surface area (Å²) in [6.45, 7) is 2.79. The van der Waals surface area contributed by atoms with Crippen molar-refractivity contribution in [1.29, 1.82) is 0 Å². The van der Waals surface area contributed by atoms with Gasteiger partial charge in [0.25, 0.3) is 0 Å². The smallest absolute Gasteiger partial charge is 0.203 e. The van der Waals surface area contributed by atoms with Gasteiger partial charge in [0.05, 0.1) is 18.2 Å². The van der Waals surface area contributed by atoms with Crippen LogP contribution in [0.15, 0.2) is 53.5 Å². The summed E-state index contributed by atoms with van der Waals surface area (Å²) < 4.78 is 2.04. The minimum absolute atomic E-state index is 0.806. The Hall–Kier alpha value is -2.47. The van der Waals surface area contributed by atoms with Crippen LogP contribution in [-0.4, -0.2) is 20.7 Å². The summed E-state index contributed by atoms with van der Waals surface area (Å²) in [6.07, 6.45) is 7.34. The number of hydrazone groups is 1. The van der Waals surface area contributed by atoms with Crippen LogP contribution in [0.25, 0.3) is 0 Å². The predicted octanol–water partition coefficient (Wildman–Crippen LogP) is 3.14. The fraction of sp³-hybridized carbons (Fsp3) is 0.133. The van der Waals surface area contributed by atoms with Gasteiger partial charge in [-0.3, -0.25) is 5.43 Å². The molecule has 0 bridgehead atoms. The number of thiazole rings is 1. The van der Waals surface area contributed by atoms with Gasteiger partial charge in [0.1, 0.15) is 0 Å². The van der Waals surface area contributed by atoms with E-state index in [1.54, 1.807) is 23.7 Å². The van der Waals surface area contributed by atoms with E-state index in [-0.39, 0.29) is 0 Å². The highest BCUT2D eigenvalue weighted by Gasteiger charge is 1.96. The van der Waals surface area contributed by atoms with Gasteiger partial charge in [-0.15, -0.1) is 11.3 Å². The van der Waals surface area contributed by atoms with Crippen molar-refractivity contribution in [2.75, 3.05) is 5.43 Å². The first-order valence-electron chi connectivity index (χ1n) is 6.55. The Labute approximate surface area is 127 Å². The number of hydrogen-bond acceptors (Lipinski definition) is 5. The molecule has 5 nitrogen and oxygen atoms in total. The molecule has 3 aromatic rings. The highest BCUT2D eigenvalue weighted by Crippen LogP contribution is 2.14. The van der Waals surface area contributed by atoms with Crippen LogP contribution < -0.4 is 5.43 Å². The molecule has 0 aliphatic carbocycles. The number of imidazole rings is 1. The molecule has 0 aliphatic rings. The van der Waals surface area contributed by atoms with Gasteiger partial charge in [-0.2, -0.15) is 5.10 Å². The number of rotatable bonds is 5. The molecule has 0 atom stereocenters. The van der Waals surface area contributed by atoms with Gasteiger partial charge < -0.3 is 4.57 Å². The number of aromatic nitrogens is 3. The lowest BCUT2D eigenvalue weighted by atomic mass is 10.1. The van der Waals surface area contributed by atoms with E-state index in [1.807, 2.05) is 41.5 Å². The molecule has 106 valence electrons. The SMILES string of the molecule is Cc1csc(NN=Cc2ccc(Cn3ccnc3)cc2)n1. The van der Waals surface area contributed by atoms with Crippen LogP contribution in [0.1, 0.15) is 16.8 Å². The second kappa shape index (κ2) is 6.32. The quantitative estimate of drug-likeness (QED) is 0.581. The topological polar surface area (TPSA) is 55.1 Å². The minimum atomic E-state index is 0.806. The standard InChI is InChI=1S/C15H15N5S/c1-12-10-21-15(18-12)19-17-8-13-2-4-14(5-3-13)9-20-7-6-16-11-20/h2-8,10-11H,9H2,1H3,(H,18,19). The Morgan fingerprint density at radius 2 is 2.19 bits per heavy atom. The molecule has 1 aromatic carbocycles. The first kappa shape index (κ1) is 13.5. The fourth-order valence-corrected chi connectivity index (χ4v) is 2.50. The van der Waals surface area contributed by atoms with Crippen LogP contribution in [-0.2, 0) is 6.54 Å². The Bertz CT molecular complexity index is 713. The third-order valence-corrected chi connectivity index (χ3v) is 3.76. The van der Waals surface area contributed by atoms with Gasteiger partial charge in [-0.25, -0.2) is 9.97 Å². The Morgan fingerprint density at radius 1 is 1.33 bits per heavy atom. The lowest BCUT2D eigenvalue weighted by Crippen LogP contribution is -1.96. The van der Waals surface area contributed by atoms with Gasteiger partial charge >= 0.3 is 0 Å². The number of nitrogens with one attached hydrogen (secondary N) is 1. The predicted molar refractivity (Wildman–Crippen MR) is 85.8 cm³/mol. The second-order valence-electron chi connectivity index (χ2n) is 4.64. The van der Waals surface area contributed by atoms with Gasteiger partial charge in [0.15, 0.2) is 0 Å². The first-order chi connectivity index (χ1) is 10.3. The molecule has 21 heavy (non-hydrogen) atoms. The summed E-state index contributed by atoms with van der Waals surface area (Å²) >= 11 is 1.54. The van der Waals surface area contributed by atoms with Gasteiger partial charge in [0, 0.05) is 24.3 Å². The molecule has 1 N–H and O–H groups in total. The van der Waals surface area contributed by atoms with Crippen molar-refractivity contribution in [3.05, 3.63) is 65.2 Å². The van der Waals surface area contributed by atoms with E-state index >= 15 is 0 Å². The van der Waals surface area contributed by atoms with E-state index in [9.17, 15) is 0 Å². The zero-order valence-electron chi connectivity index (χ0n) is 11.6. The largest absolute Gasteiger partial charge is 0.333 e. The molecule has 0 saturated carbocycles. The Balaban J connectivity index is 1.59. The van der Waals surface area contributed by atoms with Gasteiger partial charge in [-0.1, -0.05) is 24.3 Å². The lowest BCUT2D eigenvalue weighted by molar-refractivity contribution is 0.797. The maximum atomic E-state index is 4.28. The normalized spacial score (nSPS) is 11.1. The average Bonchev–Trinajstić information content (AvgIpc) is 3.13. The minimum Gasteiger partial charge on any atom is -0.333 e. The van der Waals surface area contributed by atoms with Crippen molar-refractivity contribution in [3.63, 3.8) is 0 Å². The molecular weight excluding hydrogens is 282 g/mol. The summed E-state index contributed by atoms with van der Waals surface area (Å²) in [5, 5.41) is 6.98. The second-order valence-corrected chi connectivity index (χ2v) is 5.50. The van der Waals surface area contributed by atoms with Crippen LogP contribution in [0.4, 0.5) is 5.13 Å². The van der Waals surface area contributed by atoms with E-state index in [0.29, 0.717) is 0 Å². The van der Waals surface area contributed by atoms with Crippen molar-refractivity contribution < 1.29 is 0 Å². The van der Waals surface area contributed by atoms with Crippen LogP contribution in [0.5, 0.6) is 0 Å². The van der Waals surface area contributed by atoms with E-state index in [4.69, 9.17) is 0 Å². The Kier molecular flexibility index (Phi) is 4.07. The number of anilines is 1. The van der Waals surface area contributed by atoms with Gasteiger partial charge in [0.2, 0.25) is 5.13 Å². The monoisotopic (exact) mass is 297 g/mol. The number of hydrogen-bond donors (Lipinski definition) is 1. The Morgan fingerprint density at radius 3 is 2.86 bits per heavy atom. The van der Waals surface area contributed by atoms with Crippen molar-refractivity contribution in [1.82, 2.24) is 14.5 Å². The summed E-state index contributed by atoms with van der Waals surface area (Å²) in [4.78, 5) is 8.32. The van der Waals surface area contributed by atoms with E-state index in [1.165, 1.54) is 5.56 Å². The molecular formula is C15H15N5S. The van der Waals surface area contributed by atoms with E-state index in [2.05, 4.69) is 32.6 Å². The van der Waals surface area contributed by atoms with Crippen molar-refractivity contribution >= 4 is 22.7 Å². The van der Waals surface area contributed by atoms with Gasteiger partial charge in [-0.05, 0) is 18.1 Å². The van der Waals surface area contributed by atoms with Crippen molar-refractivity contribution in [2.45, 2.75) is 13.5 Å². The van der Waals surface area contributed by atoms with Crippen LogP contribution in [0.2, 0.25) is 0 Å². The molecule has 0 amide bonds. The molecule has 0 spiro atoms. The molecule has 3 rings (SSSR count). The molecule has 2 heterocycles. The summed E-state index contributed by atoms with van der Waals surface area (Å²) in [5.41, 5.74) is 6.21. The highest BCUT2D eigenvalue weighted by atomic mass is 32.1. The zero-order chi connectivity index (χ0) is 14.5. The summed E-state index contributed by atoms with van der Waals surface area (Å²) in [5.74, 6) is 0. The number of nitrogens with zero attached hydrogens (tertiary/aromatic N) is 4. The van der Waals surface area contributed by atoms with Crippen LogP contribution >= 0.6 is 11.3 Å². The number of benzene rings is 1. The third-order valence-electron chi connectivity index (χ3n) is 2.90. The zero-order valence-corrected chi connectivity index (χ0v) is 12.4. The molecule has 0 radical (unpaired) electrons. The maximum absolute atomic E-state index is 4.28. The number of aryl methyl sites for hydroxylation is 1. The molecule has 0 aliphatic heterocycles. The maximum Gasteiger partial charge on any atom is 0.203 e. The van der Waals surface area contributed by atoms with Crippen molar-refractivity contribution in [2.24, 2.45) is 5.10 Å². The molecule has 0 unspecified atom stereocenters. The molecule has 2 aromatic heterocycles. The summed E-state index contributed by atoms with van der Waals surface area (Å²) in [6, 6.07) is 8.28. The van der Waals surface area contributed by atoms with Crippen LogP contribution in [0.3, 0.4) is 0 Å². The first-order valence-corrected chi connectivity index (χ1v) is 7.43. The van der Waals surface area contributed by atoms with E-state index in [0.717, 1.165) is 22.9 Å². The third kappa shape index (κ3) is 3.76. The lowest BCUT2D eigenvalue weighted by Gasteiger charge is -2.02. The van der Waals surface area contributed by atoms with E-state index < -0.39 is 0 Å². The molecule has 0 fully saturated rings. The van der Waals surface area contributed by atoms with Crippen molar-refractivity contribution in [3.8, 4) is 0 Å².